The Morgan fingerprint density at radius 1 is 1.25 bits per heavy atom. The van der Waals surface area contributed by atoms with Gasteiger partial charge in [-0.15, -0.1) is 0 Å². The highest BCUT2D eigenvalue weighted by Crippen LogP contribution is 2.34. The van der Waals surface area contributed by atoms with E-state index in [1.165, 1.54) is 23.9 Å². The van der Waals surface area contributed by atoms with Crippen LogP contribution in [-0.4, -0.2) is 51.8 Å². The molecule has 0 radical (unpaired) electrons. The zero-order chi connectivity index (χ0) is 20.1. The van der Waals surface area contributed by atoms with Gasteiger partial charge in [0, 0.05) is 24.4 Å². The highest BCUT2D eigenvalue weighted by Gasteiger charge is 2.37. The summed E-state index contributed by atoms with van der Waals surface area (Å²) in [6.45, 7) is -1.33. The fourth-order valence-electron chi connectivity index (χ4n) is 3.42. The molecule has 1 aliphatic rings. The van der Waals surface area contributed by atoms with Crippen LogP contribution in [-0.2, 0) is 6.42 Å². The number of imidazole rings is 1. The lowest BCUT2D eigenvalue weighted by Gasteiger charge is -2.30. The number of H-pyrrole nitrogens is 1. The number of nitrogens with zero attached hydrogens (tertiary/aromatic N) is 3. The van der Waals surface area contributed by atoms with Crippen molar-refractivity contribution in [3.05, 3.63) is 51.9 Å². The summed E-state index contributed by atoms with van der Waals surface area (Å²) in [5, 5.41) is 4.08. The van der Waals surface area contributed by atoms with E-state index in [0.717, 1.165) is 4.90 Å². The van der Waals surface area contributed by atoms with E-state index in [4.69, 9.17) is 4.74 Å². The van der Waals surface area contributed by atoms with E-state index in [2.05, 4.69) is 10.1 Å². The molecule has 0 unspecified atom stereocenters. The summed E-state index contributed by atoms with van der Waals surface area (Å²) in [7, 11) is 1.36. The molecular formula is C18H15F3N4O3. The molecular weight excluding hydrogens is 377 g/mol. The quantitative estimate of drug-likeness (QED) is 0.742. The van der Waals surface area contributed by atoms with Gasteiger partial charge in [-0.1, -0.05) is 0 Å². The predicted octanol–water partition coefficient (Wildman–Crippen LogP) is 2.26. The molecule has 28 heavy (non-hydrogen) atoms. The minimum absolute atomic E-state index is 0.0310. The average molecular weight is 392 g/mol. The van der Waals surface area contributed by atoms with Crippen molar-refractivity contribution in [1.29, 1.82) is 0 Å². The maximum Gasteiger partial charge on any atom is 0.406 e. The van der Waals surface area contributed by atoms with Crippen LogP contribution in [0.25, 0.3) is 16.9 Å². The van der Waals surface area contributed by atoms with Gasteiger partial charge in [-0.25, -0.2) is 4.52 Å². The van der Waals surface area contributed by atoms with Crippen LogP contribution in [0.15, 0.2) is 35.4 Å². The maximum absolute atomic E-state index is 12.7. The van der Waals surface area contributed by atoms with Crippen LogP contribution in [0.2, 0.25) is 0 Å². The van der Waals surface area contributed by atoms with Gasteiger partial charge in [0.25, 0.3) is 5.91 Å². The Hall–Kier alpha value is -3.30. The third-order valence-electron chi connectivity index (χ3n) is 4.61. The fourth-order valence-corrected chi connectivity index (χ4v) is 3.42. The number of ether oxygens (including phenoxy) is 1. The van der Waals surface area contributed by atoms with Crippen molar-refractivity contribution in [1.82, 2.24) is 19.5 Å². The second-order valence-corrected chi connectivity index (χ2v) is 6.47. The molecule has 0 aliphatic carbocycles. The molecule has 0 spiro atoms. The van der Waals surface area contributed by atoms with Crippen molar-refractivity contribution in [2.45, 2.75) is 12.6 Å². The number of fused-ring (bicyclic) bond motifs is 2. The summed E-state index contributed by atoms with van der Waals surface area (Å²) >= 11 is 0. The van der Waals surface area contributed by atoms with E-state index in [1.54, 1.807) is 18.3 Å². The lowest BCUT2D eigenvalue weighted by atomic mass is 9.94. The van der Waals surface area contributed by atoms with Gasteiger partial charge in [0.15, 0.2) is 0 Å². The number of halogens is 3. The Labute approximate surface area is 156 Å². The van der Waals surface area contributed by atoms with Gasteiger partial charge >= 0.3 is 6.18 Å². The topological polar surface area (TPSA) is 79.7 Å². The number of methoxy groups -OCH3 is 1. The van der Waals surface area contributed by atoms with E-state index < -0.39 is 18.6 Å². The smallest absolute Gasteiger partial charge is 0.406 e. The largest absolute Gasteiger partial charge is 0.496 e. The molecule has 10 heteroatoms. The summed E-state index contributed by atoms with van der Waals surface area (Å²) in [5.74, 6) is -0.512. The minimum atomic E-state index is -4.47. The van der Waals surface area contributed by atoms with Crippen molar-refractivity contribution in [2.24, 2.45) is 0 Å². The number of alkyl halides is 3. The molecule has 0 saturated carbocycles. The summed E-state index contributed by atoms with van der Waals surface area (Å²) < 4.78 is 45.1. The fraction of sp³-hybridized carbons (Fsp3) is 0.278. The summed E-state index contributed by atoms with van der Waals surface area (Å²) in [4.78, 5) is 27.8. The number of carbonyl (C=O) groups excluding carboxylic acids is 1. The molecule has 146 valence electrons. The predicted molar refractivity (Wildman–Crippen MR) is 93.5 cm³/mol. The third-order valence-corrected chi connectivity index (χ3v) is 4.61. The van der Waals surface area contributed by atoms with Crippen molar-refractivity contribution in [3.8, 4) is 17.0 Å². The third kappa shape index (κ3) is 3.10. The summed E-state index contributed by atoms with van der Waals surface area (Å²) in [6, 6.07) is 4.71. The van der Waals surface area contributed by atoms with Crippen LogP contribution in [0, 0.1) is 0 Å². The molecule has 2 aromatic heterocycles. The maximum atomic E-state index is 12.7. The van der Waals surface area contributed by atoms with Gasteiger partial charge < -0.3 is 14.6 Å². The van der Waals surface area contributed by atoms with E-state index in [-0.39, 0.29) is 29.7 Å². The Morgan fingerprint density at radius 3 is 2.75 bits per heavy atom. The van der Waals surface area contributed by atoms with Crippen LogP contribution in [0.4, 0.5) is 13.2 Å². The average Bonchev–Trinajstić information content (AvgIpc) is 3.05. The molecule has 7 nitrogen and oxygen atoms in total. The van der Waals surface area contributed by atoms with Gasteiger partial charge in [0.05, 0.1) is 24.6 Å². The Balaban J connectivity index is 1.80. The van der Waals surface area contributed by atoms with Crippen LogP contribution in [0.1, 0.15) is 15.9 Å². The Kier molecular flexibility index (Phi) is 4.13. The highest BCUT2D eigenvalue weighted by atomic mass is 19.4. The second-order valence-electron chi connectivity index (χ2n) is 6.47. The SMILES string of the molecule is COc1cc(-c2c[nH]c3cc(=O)cnn23)cc2c1C(=O)N(CC(F)(F)F)CC2. The van der Waals surface area contributed by atoms with Crippen LogP contribution in [0.3, 0.4) is 0 Å². The number of hydrogen-bond donors (Lipinski definition) is 1. The van der Waals surface area contributed by atoms with E-state index in [1.807, 2.05) is 0 Å². The molecule has 1 N–H and O–H groups in total. The molecule has 1 aliphatic heterocycles. The number of nitrogens with one attached hydrogen (secondary N) is 1. The first kappa shape index (κ1) is 18.1. The zero-order valence-corrected chi connectivity index (χ0v) is 14.7. The number of hydrogen-bond acceptors (Lipinski definition) is 4. The molecule has 3 aromatic rings. The van der Waals surface area contributed by atoms with Crippen LogP contribution >= 0.6 is 0 Å². The molecule has 4 rings (SSSR count). The van der Waals surface area contributed by atoms with Gasteiger partial charge in [0.2, 0.25) is 5.43 Å². The standard InChI is InChI=1S/C18H15F3N4O3/c1-28-14-5-11(13-8-22-15-6-12(26)7-23-25(13)15)4-10-2-3-24(9-18(19,20)21)17(27)16(10)14/h4-8,22H,2-3,9H2,1H3. The second kappa shape index (κ2) is 6.39. The number of benzene rings is 1. The van der Waals surface area contributed by atoms with Gasteiger partial charge in [0.1, 0.15) is 17.9 Å². The van der Waals surface area contributed by atoms with E-state index in [9.17, 15) is 22.8 Å². The Morgan fingerprint density at radius 2 is 2.04 bits per heavy atom. The van der Waals surface area contributed by atoms with Crippen molar-refractivity contribution in [2.75, 3.05) is 20.2 Å². The van der Waals surface area contributed by atoms with Gasteiger partial charge in [-0.05, 0) is 24.1 Å². The van der Waals surface area contributed by atoms with Crippen LogP contribution in [0.5, 0.6) is 5.75 Å². The zero-order valence-electron chi connectivity index (χ0n) is 14.7. The normalized spacial score (nSPS) is 14.4. The first-order chi connectivity index (χ1) is 13.3. The molecule has 0 atom stereocenters. The Bertz CT molecular complexity index is 1120. The first-order valence-electron chi connectivity index (χ1n) is 8.40. The summed E-state index contributed by atoms with van der Waals surface area (Å²) in [5.41, 5.74) is 2.28. The highest BCUT2D eigenvalue weighted by molar-refractivity contribution is 6.00. The molecule has 0 saturated heterocycles. The number of rotatable bonds is 3. The molecule has 0 bridgehead atoms. The number of amides is 1. The van der Waals surface area contributed by atoms with Crippen LogP contribution < -0.4 is 10.2 Å². The van der Waals surface area contributed by atoms with Gasteiger partial charge in [-0.2, -0.15) is 18.3 Å². The van der Waals surface area contributed by atoms with Crippen molar-refractivity contribution in [3.63, 3.8) is 0 Å². The lowest BCUT2D eigenvalue weighted by molar-refractivity contribution is -0.141. The molecule has 1 amide bonds. The number of aromatic nitrogens is 3. The van der Waals surface area contributed by atoms with Gasteiger partial charge in [-0.3, -0.25) is 9.59 Å². The summed E-state index contributed by atoms with van der Waals surface area (Å²) in [6.07, 6.45) is -1.36. The lowest BCUT2D eigenvalue weighted by Crippen LogP contribution is -2.43. The number of carbonyl (C=O) groups is 1. The molecule has 0 fully saturated rings. The first-order valence-corrected chi connectivity index (χ1v) is 8.40. The van der Waals surface area contributed by atoms with Crippen molar-refractivity contribution < 1.29 is 22.7 Å². The minimum Gasteiger partial charge on any atom is -0.496 e. The molecule has 1 aromatic carbocycles. The van der Waals surface area contributed by atoms with Crippen molar-refractivity contribution >= 4 is 11.6 Å². The number of aromatic amines is 1. The van der Waals surface area contributed by atoms with E-state index >= 15 is 0 Å². The molecule has 3 heterocycles. The monoisotopic (exact) mass is 392 g/mol. The van der Waals surface area contributed by atoms with E-state index in [0.29, 0.717) is 22.5 Å².